The van der Waals surface area contributed by atoms with Gasteiger partial charge in [-0.25, -0.2) is 8.42 Å². The zero-order valence-electron chi connectivity index (χ0n) is 17.7. The Balaban J connectivity index is 1.46. The predicted molar refractivity (Wildman–Crippen MR) is 121 cm³/mol. The van der Waals surface area contributed by atoms with Crippen molar-refractivity contribution in [3.8, 4) is 11.5 Å². The highest BCUT2D eigenvalue weighted by atomic mass is 35.5. The van der Waals surface area contributed by atoms with Crippen LogP contribution in [0.4, 0.5) is 6.01 Å². The first kappa shape index (κ1) is 22.4. The second kappa shape index (κ2) is 9.01. The number of nitrogens with one attached hydrogen (secondary N) is 1. The van der Waals surface area contributed by atoms with Gasteiger partial charge in [-0.1, -0.05) is 36.6 Å². The van der Waals surface area contributed by atoms with Crippen LogP contribution in [-0.2, 0) is 10.0 Å². The third kappa shape index (κ3) is 4.85. The predicted octanol–water partition coefficient (Wildman–Crippen LogP) is 4.31. The molecule has 0 unspecified atom stereocenters. The Labute approximate surface area is 191 Å². The molecular weight excluding hydrogens is 452 g/mol. The van der Waals surface area contributed by atoms with E-state index in [0.717, 1.165) is 6.42 Å². The van der Waals surface area contributed by atoms with Gasteiger partial charge in [0.2, 0.25) is 15.9 Å². The molecule has 0 aliphatic carbocycles. The standard InChI is InChI=1S/C22H23ClN4O4S/c1-14-10-15(2)13-27(12-14)32(29,30)19-8-6-16(7-9-19)20(28)24-22-26-25-21(31-22)17-4-3-5-18(23)11-17/h3-9,11,14-15H,10,12-13H2,1-2H3,(H,24,26,28)/t14-,15+. The third-order valence-corrected chi connectivity index (χ3v) is 7.39. The van der Waals surface area contributed by atoms with E-state index < -0.39 is 15.9 Å². The van der Waals surface area contributed by atoms with Crippen molar-refractivity contribution in [3.63, 3.8) is 0 Å². The molecule has 1 saturated heterocycles. The maximum Gasteiger partial charge on any atom is 0.322 e. The van der Waals surface area contributed by atoms with Gasteiger partial charge in [-0.3, -0.25) is 10.1 Å². The number of halogens is 1. The number of hydrogen-bond acceptors (Lipinski definition) is 6. The maximum absolute atomic E-state index is 13.0. The molecule has 8 nitrogen and oxygen atoms in total. The van der Waals surface area contributed by atoms with E-state index in [9.17, 15) is 13.2 Å². The van der Waals surface area contributed by atoms with Gasteiger partial charge in [-0.15, -0.1) is 5.10 Å². The van der Waals surface area contributed by atoms with Crippen molar-refractivity contribution >= 4 is 33.5 Å². The number of aromatic nitrogens is 2. The molecule has 0 spiro atoms. The molecular formula is C22H23ClN4O4S. The smallest absolute Gasteiger partial charge is 0.322 e. The number of carbonyl (C=O) groups is 1. The van der Waals surface area contributed by atoms with Gasteiger partial charge in [0.05, 0.1) is 4.90 Å². The van der Waals surface area contributed by atoms with E-state index in [4.69, 9.17) is 16.0 Å². The lowest BCUT2D eigenvalue weighted by molar-refractivity contribution is 0.102. The van der Waals surface area contributed by atoms with E-state index in [0.29, 0.717) is 35.5 Å². The largest absolute Gasteiger partial charge is 0.403 e. The Morgan fingerprint density at radius 2 is 1.78 bits per heavy atom. The molecule has 3 aromatic rings. The number of amides is 1. The first-order valence-electron chi connectivity index (χ1n) is 10.2. The number of nitrogens with zero attached hydrogens (tertiary/aromatic N) is 3. The maximum atomic E-state index is 13.0. The van der Waals surface area contributed by atoms with Crippen molar-refractivity contribution in [2.45, 2.75) is 25.2 Å². The number of benzene rings is 2. The molecule has 0 bridgehead atoms. The van der Waals surface area contributed by atoms with Crippen LogP contribution >= 0.6 is 11.6 Å². The van der Waals surface area contributed by atoms with Crippen LogP contribution in [0.2, 0.25) is 5.02 Å². The summed E-state index contributed by atoms with van der Waals surface area (Å²) in [6, 6.07) is 12.6. The van der Waals surface area contributed by atoms with Gasteiger partial charge in [0.25, 0.3) is 5.91 Å². The lowest BCUT2D eigenvalue weighted by Gasteiger charge is -2.34. The Morgan fingerprint density at radius 1 is 1.09 bits per heavy atom. The van der Waals surface area contributed by atoms with Crippen LogP contribution in [0.5, 0.6) is 0 Å². The summed E-state index contributed by atoms with van der Waals surface area (Å²) in [5.41, 5.74) is 0.897. The van der Waals surface area contributed by atoms with Crippen LogP contribution in [0, 0.1) is 11.8 Å². The van der Waals surface area contributed by atoms with Gasteiger partial charge < -0.3 is 4.42 Å². The highest BCUT2D eigenvalue weighted by Crippen LogP contribution is 2.27. The molecule has 1 fully saturated rings. The number of rotatable bonds is 5. The van der Waals surface area contributed by atoms with Gasteiger partial charge >= 0.3 is 6.01 Å². The Bertz CT molecular complexity index is 1220. The average molecular weight is 475 g/mol. The Morgan fingerprint density at radius 3 is 2.44 bits per heavy atom. The van der Waals surface area contributed by atoms with Crippen molar-refractivity contribution in [1.29, 1.82) is 0 Å². The lowest BCUT2D eigenvalue weighted by atomic mass is 9.94. The Kier molecular flexibility index (Phi) is 6.32. The first-order chi connectivity index (χ1) is 15.2. The fourth-order valence-electron chi connectivity index (χ4n) is 3.91. The summed E-state index contributed by atoms with van der Waals surface area (Å²) in [4.78, 5) is 12.7. The molecule has 2 aromatic carbocycles. The van der Waals surface area contributed by atoms with Crippen LogP contribution in [0.15, 0.2) is 57.8 Å². The van der Waals surface area contributed by atoms with Crippen molar-refractivity contribution < 1.29 is 17.6 Å². The molecule has 1 aliphatic rings. The van der Waals surface area contributed by atoms with E-state index in [1.54, 1.807) is 24.3 Å². The summed E-state index contributed by atoms with van der Waals surface area (Å²) >= 11 is 5.97. The summed E-state index contributed by atoms with van der Waals surface area (Å²) < 4.78 is 33.0. The van der Waals surface area contributed by atoms with Crippen LogP contribution in [0.1, 0.15) is 30.6 Å². The second-order valence-corrected chi connectivity index (χ2v) is 10.5. The summed E-state index contributed by atoms with van der Waals surface area (Å²) in [6.45, 7) is 5.12. The SMILES string of the molecule is C[C@@H]1C[C@H](C)CN(S(=O)(=O)c2ccc(C(=O)Nc3nnc(-c4cccc(Cl)c4)o3)cc2)C1. The molecule has 1 aromatic heterocycles. The first-order valence-corrected chi connectivity index (χ1v) is 12.0. The minimum Gasteiger partial charge on any atom is -0.403 e. The van der Waals surface area contributed by atoms with E-state index in [1.807, 2.05) is 0 Å². The highest BCUT2D eigenvalue weighted by molar-refractivity contribution is 7.89. The zero-order valence-corrected chi connectivity index (χ0v) is 19.2. The van der Waals surface area contributed by atoms with Gasteiger partial charge in [-0.2, -0.15) is 4.31 Å². The highest BCUT2D eigenvalue weighted by Gasteiger charge is 2.31. The van der Waals surface area contributed by atoms with Crippen LogP contribution in [0.25, 0.3) is 11.5 Å². The number of piperidine rings is 1. The second-order valence-electron chi connectivity index (χ2n) is 8.17. The van der Waals surface area contributed by atoms with E-state index in [-0.39, 0.29) is 22.4 Å². The van der Waals surface area contributed by atoms with Crippen LogP contribution in [-0.4, -0.2) is 41.9 Å². The number of anilines is 1. The van der Waals surface area contributed by atoms with Crippen molar-refractivity contribution in [2.24, 2.45) is 11.8 Å². The number of sulfonamides is 1. The lowest BCUT2D eigenvalue weighted by Crippen LogP contribution is -2.42. The molecule has 1 amide bonds. The topological polar surface area (TPSA) is 105 Å². The zero-order chi connectivity index (χ0) is 22.9. The summed E-state index contributed by atoms with van der Waals surface area (Å²) in [6.07, 6.45) is 1.01. The van der Waals surface area contributed by atoms with Gasteiger partial charge in [-0.05, 0) is 60.7 Å². The normalized spacial score (nSPS) is 19.6. The molecule has 32 heavy (non-hydrogen) atoms. The molecule has 168 valence electrons. The monoisotopic (exact) mass is 474 g/mol. The molecule has 1 N–H and O–H groups in total. The third-order valence-electron chi connectivity index (χ3n) is 5.31. The molecule has 0 radical (unpaired) electrons. The molecule has 10 heteroatoms. The fourth-order valence-corrected chi connectivity index (χ4v) is 5.78. The molecule has 1 aliphatic heterocycles. The van der Waals surface area contributed by atoms with Crippen molar-refractivity contribution in [2.75, 3.05) is 18.4 Å². The van der Waals surface area contributed by atoms with Gasteiger partial charge in [0.15, 0.2) is 0 Å². The van der Waals surface area contributed by atoms with Gasteiger partial charge in [0.1, 0.15) is 0 Å². The molecule has 2 atom stereocenters. The van der Waals surface area contributed by atoms with Crippen LogP contribution in [0.3, 0.4) is 0 Å². The van der Waals surface area contributed by atoms with Crippen molar-refractivity contribution in [3.05, 3.63) is 59.1 Å². The minimum absolute atomic E-state index is 0.0713. The van der Waals surface area contributed by atoms with Crippen molar-refractivity contribution in [1.82, 2.24) is 14.5 Å². The Hall–Kier alpha value is -2.75. The van der Waals surface area contributed by atoms with E-state index >= 15 is 0 Å². The summed E-state index contributed by atoms with van der Waals surface area (Å²) in [5.74, 6) is 0.347. The minimum atomic E-state index is -3.61. The van der Waals surface area contributed by atoms with E-state index in [2.05, 4.69) is 29.4 Å². The summed E-state index contributed by atoms with van der Waals surface area (Å²) in [5, 5.41) is 10.8. The quantitative estimate of drug-likeness (QED) is 0.590. The summed E-state index contributed by atoms with van der Waals surface area (Å²) in [7, 11) is -3.61. The van der Waals surface area contributed by atoms with Gasteiger partial charge in [0, 0.05) is 29.2 Å². The van der Waals surface area contributed by atoms with E-state index in [1.165, 1.54) is 28.6 Å². The number of carbonyl (C=O) groups excluding carboxylic acids is 1. The fraction of sp³-hybridized carbons (Fsp3) is 0.318. The molecule has 4 rings (SSSR count). The average Bonchev–Trinajstić information content (AvgIpc) is 3.21. The molecule has 2 heterocycles. The molecule has 0 saturated carbocycles. The van der Waals surface area contributed by atoms with Crippen LogP contribution < -0.4 is 5.32 Å². The number of hydrogen-bond donors (Lipinski definition) is 1.